The van der Waals surface area contributed by atoms with E-state index in [0.717, 1.165) is 47.6 Å². The maximum atomic E-state index is 9.60. The van der Waals surface area contributed by atoms with E-state index < -0.39 is 0 Å². The average Bonchev–Trinajstić information content (AvgIpc) is 3.26. The number of aryl methyl sites for hydroxylation is 1. The average molecular weight is 419 g/mol. The molecule has 0 spiro atoms. The highest BCUT2D eigenvalue weighted by molar-refractivity contribution is 5.76. The molecule has 0 amide bonds. The van der Waals surface area contributed by atoms with Crippen LogP contribution >= 0.6 is 0 Å². The fraction of sp³-hybridized carbons (Fsp3) is 0.308. The predicted molar refractivity (Wildman–Crippen MR) is 131 cm³/mol. The normalized spacial score (nSPS) is 10.9. The number of rotatable bonds is 7. The quantitative estimate of drug-likeness (QED) is 0.359. The van der Waals surface area contributed by atoms with E-state index in [4.69, 9.17) is 0 Å². The smallest absolute Gasteiger partial charge is 0.178 e. The lowest BCUT2D eigenvalue weighted by molar-refractivity contribution is 0.101. The number of hydrogen-bond donors (Lipinski definition) is 2. The molecule has 4 rings (SSSR count). The summed E-state index contributed by atoms with van der Waals surface area (Å²) in [6.07, 6.45) is 2.78. The first-order valence-corrected chi connectivity index (χ1v) is 11.0. The second kappa shape index (κ2) is 10.8. The highest BCUT2D eigenvalue weighted by Gasteiger charge is 2.09. The number of nitrogens with one attached hydrogen (secondary N) is 1. The summed E-state index contributed by atoms with van der Waals surface area (Å²) in [5.74, 6) is 0.827. The van der Waals surface area contributed by atoms with Crippen LogP contribution in [0.4, 0.5) is 0 Å². The van der Waals surface area contributed by atoms with Crippen LogP contribution in [0.5, 0.6) is 0 Å². The first-order valence-electron chi connectivity index (χ1n) is 11.0. The Labute approximate surface area is 186 Å². The largest absolute Gasteiger partial charge is 0.381 e. The van der Waals surface area contributed by atoms with Gasteiger partial charge in [0.25, 0.3) is 0 Å². The summed E-state index contributed by atoms with van der Waals surface area (Å²) in [6.45, 7) is 9.98. The van der Waals surface area contributed by atoms with Gasteiger partial charge in [0, 0.05) is 26.3 Å². The Bertz CT molecular complexity index is 1080. The van der Waals surface area contributed by atoms with Gasteiger partial charge in [0.15, 0.2) is 5.65 Å². The maximum Gasteiger partial charge on any atom is 0.178 e. The molecule has 0 aliphatic heterocycles. The summed E-state index contributed by atoms with van der Waals surface area (Å²) in [5, 5.41) is 9.60. The molecule has 4 aromatic rings. The first kappa shape index (κ1) is 22.7. The lowest BCUT2D eigenvalue weighted by Crippen LogP contribution is -2.25. The molecule has 2 heterocycles. The van der Waals surface area contributed by atoms with Crippen molar-refractivity contribution >= 4 is 11.2 Å². The molecule has 5 nitrogen and oxygen atoms in total. The number of benzene rings is 2. The number of pyridine rings is 1. The molecular weight excluding hydrogens is 384 g/mol. The Balaban J connectivity index is 0.00000118. The molecule has 0 unspecified atom stereocenters. The minimum Gasteiger partial charge on any atom is -0.381 e. The molecule has 0 aliphatic carbocycles. The number of imidazole rings is 1. The van der Waals surface area contributed by atoms with Crippen molar-refractivity contribution in [3.63, 3.8) is 0 Å². The number of aromatic amines is 1. The van der Waals surface area contributed by atoms with Crippen LogP contribution in [0.1, 0.15) is 39.7 Å². The summed E-state index contributed by atoms with van der Waals surface area (Å²) in [6, 6.07) is 18.9. The fourth-order valence-electron chi connectivity index (χ4n) is 3.58. The summed E-state index contributed by atoms with van der Waals surface area (Å²) in [4.78, 5) is 14.2. The van der Waals surface area contributed by atoms with E-state index in [1.54, 1.807) is 6.20 Å². The molecule has 2 N–H and O–H groups in total. The van der Waals surface area contributed by atoms with Crippen molar-refractivity contribution in [1.82, 2.24) is 19.9 Å². The number of H-pyrrole nitrogens is 1. The van der Waals surface area contributed by atoms with Gasteiger partial charge in [-0.3, -0.25) is 4.90 Å². The van der Waals surface area contributed by atoms with Crippen LogP contribution in [0.15, 0.2) is 60.8 Å². The Morgan fingerprint density at radius 1 is 1.00 bits per heavy atom. The summed E-state index contributed by atoms with van der Waals surface area (Å²) in [5.41, 5.74) is 7.54. The molecule has 0 fully saturated rings. The highest BCUT2D eigenvalue weighted by atomic mass is 16.3. The molecule has 0 atom stereocenters. The number of hydrogen-bond acceptors (Lipinski definition) is 4. The van der Waals surface area contributed by atoms with Crippen molar-refractivity contribution in [3.05, 3.63) is 71.9 Å². The summed E-state index contributed by atoms with van der Waals surface area (Å²) in [7, 11) is 0. The van der Waals surface area contributed by atoms with E-state index in [2.05, 4.69) is 76.2 Å². The number of aromatic nitrogens is 3. The summed E-state index contributed by atoms with van der Waals surface area (Å²) < 4.78 is 0. The maximum absolute atomic E-state index is 9.60. The molecule has 31 heavy (non-hydrogen) atoms. The van der Waals surface area contributed by atoms with Gasteiger partial charge in [-0.1, -0.05) is 57.2 Å². The zero-order valence-electron chi connectivity index (χ0n) is 18.9. The lowest BCUT2D eigenvalue weighted by atomic mass is 9.98. The van der Waals surface area contributed by atoms with Gasteiger partial charge >= 0.3 is 0 Å². The van der Waals surface area contributed by atoms with Crippen molar-refractivity contribution in [1.29, 1.82) is 0 Å². The van der Waals surface area contributed by atoms with Gasteiger partial charge in [-0.15, -0.1) is 0 Å². The number of aliphatic hydroxyl groups excluding tert-OH is 1. The third-order valence-electron chi connectivity index (χ3n) is 5.23. The van der Waals surface area contributed by atoms with E-state index in [0.29, 0.717) is 0 Å². The molecule has 5 heteroatoms. The predicted octanol–water partition coefficient (Wildman–Crippen LogP) is 6.03. The molecule has 0 radical (unpaired) electrons. The van der Waals surface area contributed by atoms with Gasteiger partial charge in [0.1, 0.15) is 5.82 Å². The van der Waals surface area contributed by atoms with Crippen LogP contribution < -0.4 is 0 Å². The molecule has 0 saturated carbocycles. The van der Waals surface area contributed by atoms with Gasteiger partial charge in [-0.2, -0.15) is 0 Å². The Morgan fingerprint density at radius 2 is 1.71 bits per heavy atom. The number of nitrogens with zero attached hydrogens (tertiary/aromatic N) is 3. The third-order valence-corrected chi connectivity index (χ3v) is 5.23. The molecule has 164 valence electrons. The SMILES string of the molecule is CC.CCCN(CO)Cc1cc(-c2ccc(-c3nc4ncccc4[nH]3)cc2)ccc1C.[HH]. The van der Waals surface area contributed by atoms with E-state index in [9.17, 15) is 5.11 Å². The monoisotopic (exact) mass is 418 g/mol. The van der Waals surface area contributed by atoms with E-state index in [-0.39, 0.29) is 8.16 Å². The summed E-state index contributed by atoms with van der Waals surface area (Å²) >= 11 is 0. The minimum absolute atomic E-state index is 0. The Kier molecular flexibility index (Phi) is 7.93. The second-order valence-corrected chi connectivity index (χ2v) is 7.37. The highest BCUT2D eigenvalue weighted by Crippen LogP contribution is 2.26. The number of fused-ring (bicyclic) bond motifs is 1. The van der Waals surface area contributed by atoms with Crippen LogP contribution in [-0.4, -0.2) is 38.2 Å². The van der Waals surface area contributed by atoms with Gasteiger partial charge in [0.05, 0.1) is 12.2 Å². The second-order valence-electron chi connectivity index (χ2n) is 7.37. The van der Waals surface area contributed by atoms with Crippen LogP contribution in [0.25, 0.3) is 33.7 Å². The first-order chi connectivity index (χ1) is 15.2. The van der Waals surface area contributed by atoms with Gasteiger partial charge < -0.3 is 10.1 Å². The zero-order chi connectivity index (χ0) is 22.2. The van der Waals surface area contributed by atoms with Crippen LogP contribution in [-0.2, 0) is 6.54 Å². The van der Waals surface area contributed by atoms with Crippen molar-refractivity contribution < 1.29 is 6.53 Å². The topological polar surface area (TPSA) is 65.0 Å². The molecule has 2 aromatic carbocycles. The zero-order valence-corrected chi connectivity index (χ0v) is 18.9. The molecule has 0 saturated heterocycles. The Hall–Kier alpha value is -3.02. The van der Waals surface area contributed by atoms with Crippen molar-refractivity contribution in [2.45, 2.75) is 40.7 Å². The molecular formula is C26H34N4O. The van der Waals surface area contributed by atoms with Gasteiger partial charge in [0.2, 0.25) is 0 Å². The molecule has 2 aromatic heterocycles. The standard InChI is InChI=1S/C24H26N4O.C2H6.H2/c1-3-13-28(16-29)15-21-14-20(7-6-17(21)2)18-8-10-19(11-9-18)23-26-22-5-4-12-25-24(22)27-23;1-2;/h4-12,14,29H,3,13,15-16H2,1-2H3,(H,25,26,27);1-2H3;1H. The van der Waals surface area contributed by atoms with E-state index >= 15 is 0 Å². The minimum atomic E-state index is 0. The fourth-order valence-corrected chi connectivity index (χ4v) is 3.58. The van der Waals surface area contributed by atoms with Crippen LogP contribution in [0.2, 0.25) is 0 Å². The van der Waals surface area contributed by atoms with Crippen molar-refractivity contribution in [2.24, 2.45) is 0 Å². The van der Waals surface area contributed by atoms with Crippen molar-refractivity contribution in [2.75, 3.05) is 13.3 Å². The lowest BCUT2D eigenvalue weighted by Gasteiger charge is -2.20. The van der Waals surface area contributed by atoms with E-state index in [1.807, 2.05) is 26.0 Å². The molecule has 0 bridgehead atoms. The van der Waals surface area contributed by atoms with Crippen LogP contribution in [0.3, 0.4) is 0 Å². The van der Waals surface area contributed by atoms with Crippen LogP contribution in [0, 0.1) is 6.92 Å². The Morgan fingerprint density at radius 3 is 2.39 bits per heavy atom. The molecule has 0 aliphatic rings. The van der Waals surface area contributed by atoms with Gasteiger partial charge in [-0.25, -0.2) is 9.97 Å². The third kappa shape index (κ3) is 5.37. The van der Waals surface area contributed by atoms with Gasteiger partial charge in [-0.05, 0) is 53.8 Å². The van der Waals surface area contributed by atoms with E-state index in [1.165, 1.54) is 16.7 Å². The number of aliphatic hydroxyl groups is 1. The van der Waals surface area contributed by atoms with Crippen molar-refractivity contribution in [3.8, 4) is 22.5 Å².